The molecular formula is C21H20N2O5. The molecule has 1 aliphatic rings. The second kappa shape index (κ2) is 8.47. The quantitative estimate of drug-likeness (QED) is 0.453. The number of ether oxygens (including phenoxy) is 1. The summed E-state index contributed by atoms with van der Waals surface area (Å²) in [7, 11) is 0. The van der Waals surface area contributed by atoms with Crippen LogP contribution >= 0.6 is 0 Å². The van der Waals surface area contributed by atoms with Crippen LogP contribution in [0.2, 0.25) is 0 Å². The Bertz CT molecular complexity index is 938. The molecule has 2 aromatic carbocycles. The van der Waals surface area contributed by atoms with Crippen LogP contribution in [0.25, 0.3) is 0 Å². The van der Waals surface area contributed by atoms with E-state index >= 15 is 0 Å². The molecule has 0 bridgehead atoms. The minimum atomic E-state index is -0.732. The Balaban J connectivity index is 1.66. The molecule has 0 atom stereocenters. The summed E-state index contributed by atoms with van der Waals surface area (Å²) < 4.78 is 5.16. The smallest absolute Gasteiger partial charge is 0.338 e. The molecule has 2 aromatic rings. The number of rotatable bonds is 7. The first-order chi connectivity index (χ1) is 13.5. The fourth-order valence-corrected chi connectivity index (χ4v) is 2.87. The predicted octanol–water partition coefficient (Wildman–Crippen LogP) is 2.81. The molecule has 0 spiro atoms. The molecule has 2 amide bonds. The summed E-state index contributed by atoms with van der Waals surface area (Å²) in [6, 6.07) is 12.9. The van der Waals surface area contributed by atoms with Gasteiger partial charge < -0.3 is 10.1 Å². The van der Waals surface area contributed by atoms with E-state index in [0.29, 0.717) is 23.5 Å². The van der Waals surface area contributed by atoms with Crippen LogP contribution in [0.3, 0.4) is 0 Å². The average Bonchev–Trinajstić information content (AvgIpc) is 2.93. The van der Waals surface area contributed by atoms with Gasteiger partial charge in [0, 0.05) is 5.69 Å². The molecule has 0 aliphatic carbocycles. The highest BCUT2D eigenvalue weighted by Crippen LogP contribution is 2.28. The van der Waals surface area contributed by atoms with E-state index in [0.717, 1.165) is 17.7 Å². The van der Waals surface area contributed by atoms with Crippen LogP contribution in [-0.4, -0.2) is 36.7 Å². The maximum absolute atomic E-state index is 12.4. The summed E-state index contributed by atoms with van der Waals surface area (Å²) >= 11 is 0. The number of anilines is 2. The number of ketones is 1. The van der Waals surface area contributed by atoms with Crippen molar-refractivity contribution >= 4 is 34.9 Å². The number of hydrogen-bond acceptors (Lipinski definition) is 5. The standard InChI is InChI=1S/C21H20N2O5/c1-2-3-11-28-21(27)14-7-6-8-15(12-14)22-18(24)13-23-17-10-5-4-9-16(17)19(25)20(23)26/h4-10,12H,2-3,11,13H2,1H3,(H,22,24). The minimum Gasteiger partial charge on any atom is -0.462 e. The van der Waals surface area contributed by atoms with Gasteiger partial charge in [0.1, 0.15) is 6.54 Å². The van der Waals surface area contributed by atoms with Crippen molar-refractivity contribution in [2.24, 2.45) is 0 Å². The number of esters is 1. The lowest BCUT2D eigenvalue weighted by Gasteiger charge is -2.16. The van der Waals surface area contributed by atoms with Crippen LogP contribution in [0.4, 0.5) is 11.4 Å². The van der Waals surface area contributed by atoms with Crippen molar-refractivity contribution in [3.05, 3.63) is 59.7 Å². The number of nitrogens with zero attached hydrogens (tertiary/aromatic N) is 1. The highest BCUT2D eigenvalue weighted by molar-refractivity contribution is 6.52. The van der Waals surface area contributed by atoms with Crippen molar-refractivity contribution in [2.45, 2.75) is 19.8 Å². The lowest BCUT2D eigenvalue weighted by atomic mass is 10.1. The zero-order valence-electron chi connectivity index (χ0n) is 15.4. The molecular weight excluding hydrogens is 360 g/mol. The normalized spacial score (nSPS) is 12.7. The molecule has 144 valence electrons. The van der Waals surface area contributed by atoms with E-state index in [1.165, 1.54) is 6.07 Å². The zero-order chi connectivity index (χ0) is 20.1. The first kappa shape index (κ1) is 19.3. The number of carbonyl (C=O) groups is 4. The molecule has 0 saturated carbocycles. The molecule has 0 fully saturated rings. The van der Waals surface area contributed by atoms with Gasteiger partial charge in [-0.3, -0.25) is 19.3 Å². The molecule has 0 aromatic heterocycles. The van der Waals surface area contributed by atoms with E-state index in [-0.39, 0.29) is 12.1 Å². The van der Waals surface area contributed by atoms with Gasteiger partial charge >= 0.3 is 5.97 Å². The number of hydrogen-bond donors (Lipinski definition) is 1. The molecule has 28 heavy (non-hydrogen) atoms. The number of amides is 2. The molecule has 1 heterocycles. The second-order valence-corrected chi connectivity index (χ2v) is 6.36. The van der Waals surface area contributed by atoms with E-state index in [9.17, 15) is 19.2 Å². The van der Waals surface area contributed by atoms with E-state index in [1.807, 2.05) is 6.92 Å². The van der Waals surface area contributed by atoms with Crippen LogP contribution in [0.5, 0.6) is 0 Å². The molecule has 7 heteroatoms. The van der Waals surface area contributed by atoms with Crippen molar-refractivity contribution in [2.75, 3.05) is 23.4 Å². The summed E-state index contributed by atoms with van der Waals surface area (Å²) in [5, 5.41) is 2.65. The summed E-state index contributed by atoms with van der Waals surface area (Å²) in [4.78, 5) is 49.7. The second-order valence-electron chi connectivity index (χ2n) is 6.36. The Kier molecular flexibility index (Phi) is 5.84. The Morgan fingerprint density at radius 1 is 1.07 bits per heavy atom. The third-order valence-electron chi connectivity index (χ3n) is 4.29. The predicted molar refractivity (Wildman–Crippen MR) is 103 cm³/mol. The Hall–Kier alpha value is -3.48. The van der Waals surface area contributed by atoms with Crippen LogP contribution in [0, 0.1) is 0 Å². The molecule has 0 radical (unpaired) electrons. The van der Waals surface area contributed by atoms with E-state index < -0.39 is 23.6 Å². The van der Waals surface area contributed by atoms with Gasteiger partial charge in [-0.25, -0.2) is 4.79 Å². The SMILES string of the molecule is CCCCOC(=O)c1cccc(NC(=O)CN2C(=O)C(=O)c3ccccc32)c1. The number of carbonyl (C=O) groups excluding carboxylic acids is 4. The Labute approximate surface area is 162 Å². The van der Waals surface area contributed by atoms with Crippen molar-refractivity contribution in [1.82, 2.24) is 0 Å². The highest BCUT2D eigenvalue weighted by atomic mass is 16.5. The van der Waals surface area contributed by atoms with E-state index in [2.05, 4.69) is 5.32 Å². The third kappa shape index (κ3) is 4.09. The fourth-order valence-electron chi connectivity index (χ4n) is 2.87. The first-order valence-corrected chi connectivity index (χ1v) is 9.03. The molecule has 1 N–H and O–H groups in total. The summed E-state index contributed by atoms with van der Waals surface area (Å²) in [6.45, 7) is 2.05. The molecule has 0 saturated heterocycles. The summed E-state index contributed by atoms with van der Waals surface area (Å²) in [6.07, 6.45) is 1.70. The first-order valence-electron chi connectivity index (χ1n) is 9.03. The lowest BCUT2D eigenvalue weighted by Crippen LogP contribution is -2.37. The van der Waals surface area contributed by atoms with Gasteiger partial charge in [0.2, 0.25) is 5.91 Å². The molecule has 1 aliphatic heterocycles. The molecule has 7 nitrogen and oxygen atoms in total. The van der Waals surface area contributed by atoms with Crippen LogP contribution in [-0.2, 0) is 14.3 Å². The third-order valence-corrected chi connectivity index (χ3v) is 4.29. The van der Waals surface area contributed by atoms with Gasteiger partial charge in [-0.1, -0.05) is 31.5 Å². The van der Waals surface area contributed by atoms with Crippen LogP contribution < -0.4 is 10.2 Å². The number of nitrogens with one attached hydrogen (secondary N) is 1. The van der Waals surface area contributed by atoms with Gasteiger partial charge in [0.05, 0.1) is 23.4 Å². The van der Waals surface area contributed by atoms with E-state index in [4.69, 9.17) is 4.74 Å². The fraction of sp³-hybridized carbons (Fsp3) is 0.238. The van der Waals surface area contributed by atoms with Crippen molar-refractivity contribution < 1.29 is 23.9 Å². The number of para-hydroxylation sites is 1. The zero-order valence-corrected chi connectivity index (χ0v) is 15.4. The lowest BCUT2D eigenvalue weighted by molar-refractivity contribution is -0.118. The number of fused-ring (bicyclic) bond motifs is 1. The largest absolute Gasteiger partial charge is 0.462 e. The van der Waals surface area contributed by atoms with Gasteiger partial charge in [0.25, 0.3) is 11.7 Å². The highest BCUT2D eigenvalue weighted by Gasteiger charge is 2.36. The van der Waals surface area contributed by atoms with Crippen molar-refractivity contribution in [3.8, 4) is 0 Å². The van der Waals surface area contributed by atoms with Gasteiger partial charge in [-0.05, 0) is 36.8 Å². The van der Waals surface area contributed by atoms with Crippen molar-refractivity contribution in [1.29, 1.82) is 0 Å². The van der Waals surface area contributed by atoms with Gasteiger partial charge in [-0.15, -0.1) is 0 Å². The van der Waals surface area contributed by atoms with Gasteiger partial charge in [-0.2, -0.15) is 0 Å². The van der Waals surface area contributed by atoms with Crippen LogP contribution in [0.15, 0.2) is 48.5 Å². The number of Topliss-reactive ketones (excluding diaryl/α,β-unsaturated/α-hetero) is 1. The molecule has 0 unspecified atom stereocenters. The average molecular weight is 380 g/mol. The maximum Gasteiger partial charge on any atom is 0.338 e. The molecule has 3 rings (SSSR count). The van der Waals surface area contributed by atoms with E-state index in [1.54, 1.807) is 42.5 Å². The number of benzene rings is 2. The van der Waals surface area contributed by atoms with Crippen LogP contribution in [0.1, 0.15) is 40.5 Å². The monoisotopic (exact) mass is 380 g/mol. The van der Waals surface area contributed by atoms with Crippen molar-refractivity contribution in [3.63, 3.8) is 0 Å². The maximum atomic E-state index is 12.4. The summed E-state index contributed by atoms with van der Waals surface area (Å²) in [5.41, 5.74) is 1.44. The number of unbranched alkanes of at least 4 members (excludes halogenated alkanes) is 1. The van der Waals surface area contributed by atoms with Gasteiger partial charge in [0.15, 0.2) is 0 Å². The Morgan fingerprint density at radius 3 is 2.64 bits per heavy atom. The topological polar surface area (TPSA) is 92.8 Å². The minimum absolute atomic E-state index is 0.289. The Morgan fingerprint density at radius 2 is 1.86 bits per heavy atom. The summed E-state index contributed by atoms with van der Waals surface area (Å²) in [5.74, 6) is -2.29.